The van der Waals surface area contributed by atoms with Crippen molar-refractivity contribution in [3.63, 3.8) is 0 Å². The molecular weight excluding hydrogens is 1120 g/mol. The molecule has 6 fully saturated rings. The minimum Gasteiger partial charge on any atom is -0.476 e. The van der Waals surface area contributed by atoms with Crippen molar-refractivity contribution in [2.45, 2.75) is 130 Å². The molecule has 6 saturated heterocycles. The number of likely N-dealkylation sites (tertiary alicyclic amines) is 2. The number of rotatable bonds is 13. The highest BCUT2D eigenvalue weighted by Crippen LogP contribution is 2.36. The number of aromatic nitrogens is 2. The first-order chi connectivity index (χ1) is 39.9. The van der Waals surface area contributed by atoms with E-state index in [1.54, 1.807) is 22.2 Å². The van der Waals surface area contributed by atoms with E-state index in [4.69, 9.17) is 28.4 Å². The summed E-state index contributed by atoms with van der Waals surface area (Å²) in [4.78, 5) is 71.8. The summed E-state index contributed by atoms with van der Waals surface area (Å²) in [6.07, 6.45) is 7.07. The van der Waals surface area contributed by atoms with E-state index in [1.807, 2.05) is 150 Å². The van der Waals surface area contributed by atoms with E-state index in [1.165, 1.54) is 12.8 Å². The van der Waals surface area contributed by atoms with Crippen molar-refractivity contribution in [1.82, 2.24) is 44.7 Å². The Bertz CT molecular complexity index is 2610. The molecule has 4 unspecified atom stereocenters. The lowest BCUT2D eigenvalue weighted by Crippen LogP contribution is -2.56. The van der Waals surface area contributed by atoms with Gasteiger partial charge < -0.3 is 58.2 Å². The summed E-state index contributed by atoms with van der Waals surface area (Å²) < 4.78 is 34.5. The first kappa shape index (κ1) is 64.1. The molecule has 4 amide bonds. The first-order valence-corrected chi connectivity index (χ1v) is 30.4. The molecule has 8 heterocycles. The third kappa shape index (κ3) is 21.0. The third-order valence-electron chi connectivity index (χ3n) is 14.7. The Morgan fingerprint density at radius 2 is 0.952 bits per heavy atom. The second-order valence-corrected chi connectivity index (χ2v) is 24.2. The lowest BCUT2D eigenvalue weighted by Gasteiger charge is -2.42. The molecular formula is C62H89BrN10O10. The van der Waals surface area contributed by atoms with E-state index in [2.05, 4.69) is 45.9 Å². The molecule has 10 rings (SSSR count). The molecule has 20 nitrogen and oxygen atoms in total. The molecule has 4 bridgehead atoms. The number of fused-ring (bicyclic) bond motifs is 4. The van der Waals surface area contributed by atoms with Crippen LogP contribution in [0.25, 0.3) is 0 Å². The van der Waals surface area contributed by atoms with Crippen LogP contribution in [-0.4, -0.2) is 204 Å². The fourth-order valence-corrected chi connectivity index (χ4v) is 11.0. The minimum absolute atomic E-state index is 0.166. The summed E-state index contributed by atoms with van der Waals surface area (Å²) in [5.74, 6) is 1.22. The Labute approximate surface area is 500 Å². The van der Waals surface area contributed by atoms with Crippen molar-refractivity contribution in [3.8, 4) is 11.8 Å². The number of nitrogens with zero attached hydrogens (tertiary/aromatic N) is 9. The van der Waals surface area contributed by atoms with Crippen molar-refractivity contribution in [2.24, 2.45) is 0 Å². The number of hydrogen-bond donors (Lipinski definition) is 1. The number of benzene rings is 2. The van der Waals surface area contributed by atoms with Crippen LogP contribution in [0.3, 0.4) is 0 Å². The standard InChI is InChI=1S/C30H41N5O5.C19H22BrN3O3.C11H20N2O2.C2H6/c1-30(2,3)40-29(37)34-20-25-9-10-26(21-34)35(25)24-11-12-31-27(19-24)38-18-17-32-13-15-33(16-14-32)28(36)39-22-23-7-5-4-6-8-23;20-17-6-7-21-18(14-17)25-13-12-22-8-10-23(11-9-22)19(24)26-15-16-4-2-1-3-5-16;1-11(2,3)15-10(14)13-6-8-4-5-9(7-13)12-8;1-2/h4-8,11-12,19,25-26H,9-10,13-18,20-22H2,1-3H3;1-7,14H,8-13,15H2;8-9,12H,4-7H2,1-3H3;1-2H3. The second-order valence-electron chi connectivity index (χ2n) is 23.3. The Balaban J connectivity index is 0.000000196. The molecule has 6 aliphatic heterocycles. The zero-order valence-corrected chi connectivity index (χ0v) is 51.7. The summed E-state index contributed by atoms with van der Waals surface area (Å²) >= 11 is 3.40. The molecule has 6 aliphatic rings. The summed E-state index contributed by atoms with van der Waals surface area (Å²) in [5, 5.41) is 3.49. The molecule has 2 aromatic heterocycles. The van der Waals surface area contributed by atoms with E-state index in [9.17, 15) is 19.2 Å². The van der Waals surface area contributed by atoms with Crippen molar-refractivity contribution < 1.29 is 47.6 Å². The second kappa shape index (κ2) is 31.5. The molecule has 0 radical (unpaired) electrons. The zero-order chi connectivity index (χ0) is 59.4. The van der Waals surface area contributed by atoms with Crippen LogP contribution in [0, 0.1) is 0 Å². The molecule has 454 valence electrons. The van der Waals surface area contributed by atoms with Gasteiger partial charge in [0.25, 0.3) is 0 Å². The van der Waals surface area contributed by atoms with Gasteiger partial charge in [0.2, 0.25) is 11.8 Å². The van der Waals surface area contributed by atoms with Gasteiger partial charge >= 0.3 is 24.4 Å². The molecule has 21 heteroatoms. The molecule has 1 N–H and O–H groups in total. The number of amides is 4. The van der Waals surface area contributed by atoms with Crippen molar-refractivity contribution in [3.05, 3.63) is 113 Å². The van der Waals surface area contributed by atoms with Gasteiger partial charge in [0, 0.05) is 150 Å². The number of ether oxygens (including phenoxy) is 6. The smallest absolute Gasteiger partial charge is 0.410 e. The molecule has 4 atom stereocenters. The van der Waals surface area contributed by atoms with Gasteiger partial charge in [-0.05, 0) is 90.5 Å². The van der Waals surface area contributed by atoms with Gasteiger partial charge in [-0.25, -0.2) is 29.1 Å². The number of anilines is 1. The molecule has 2 aromatic carbocycles. The maximum atomic E-state index is 12.6. The number of nitrogens with one attached hydrogen (secondary N) is 1. The van der Waals surface area contributed by atoms with Gasteiger partial charge in [-0.15, -0.1) is 0 Å². The molecule has 0 spiro atoms. The molecule has 4 aromatic rings. The van der Waals surface area contributed by atoms with E-state index >= 15 is 0 Å². The predicted octanol–water partition coefficient (Wildman–Crippen LogP) is 9.56. The van der Waals surface area contributed by atoms with E-state index in [0.717, 1.165) is 86.5 Å². The molecule has 0 saturated carbocycles. The SMILES string of the molecule is CC.CC(C)(C)OC(=O)N1CC2CCC(C1)N2.CC(C)(C)OC(=O)N1CC2CCC(C1)N2c1ccnc(OCCN2CCN(C(=O)OCc3ccccc3)CC2)c1.O=C(OCc1ccccc1)N1CCN(CCOc2cc(Br)ccn2)CC1. The van der Waals surface area contributed by atoms with Crippen LogP contribution in [0.4, 0.5) is 24.9 Å². The van der Waals surface area contributed by atoms with Crippen LogP contribution in [0.2, 0.25) is 0 Å². The van der Waals surface area contributed by atoms with Gasteiger partial charge in [0.15, 0.2) is 0 Å². The van der Waals surface area contributed by atoms with Crippen molar-refractivity contribution in [1.29, 1.82) is 0 Å². The van der Waals surface area contributed by atoms with E-state index < -0.39 is 5.60 Å². The van der Waals surface area contributed by atoms with E-state index in [-0.39, 0.29) is 42.1 Å². The van der Waals surface area contributed by atoms with Crippen LogP contribution in [0.5, 0.6) is 11.8 Å². The number of carbonyl (C=O) groups excluding carboxylic acids is 4. The summed E-state index contributed by atoms with van der Waals surface area (Å²) in [6, 6.07) is 28.7. The number of halogens is 1. The van der Waals surface area contributed by atoms with Gasteiger partial charge in [-0.2, -0.15) is 0 Å². The van der Waals surface area contributed by atoms with E-state index in [0.29, 0.717) is 89.5 Å². The highest BCUT2D eigenvalue weighted by molar-refractivity contribution is 9.10. The van der Waals surface area contributed by atoms with Gasteiger partial charge in [-0.3, -0.25) is 9.80 Å². The Kier molecular flexibility index (Phi) is 24.3. The summed E-state index contributed by atoms with van der Waals surface area (Å²) in [7, 11) is 0. The first-order valence-electron chi connectivity index (χ1n) is 29.6. The fourth-order valence-electron chi connectivity index (χ4n) is 10.7. The normalized spacial score (nSPS) is 20.5. The van der Waals surface area contributed by atoms with Crippen LogP contribution >= 0.6 is 15.9 Å². The van der Waals surface area contributed by atoms with Gasteiger partial charge in [0.05, 0.1) is 0 Å². The highest BCUT2D eigenvalue weighted by atomic mass is 79.9. The number of carbonyl (C=O) groups is 4. The topological polar surface area (TPSA) is 184 Å². The van der Waals surface area contributed by atoms with Gasteiger partial charge in [0.1, 0.15) is 37.6 Å². The van der Waals surface area contributed by atoms with Crippen LogP contribution in [-0.2, 0) is 32.2 Å². The predicted molar refractivity (Wildman–Crippen MR) is 323 cm³/mol. The third-order valence-corrected chi connectivity index (χ3v) is 15.2. The fraction of sp³-hybridized carbons (Fsp3) is 0.581. The maximum Gasteiger partial charge on any atom is 0.410 e. The lowest BCUT2D eigenvalue weighted by molar-refractivity contribution is 0.0186. The number of hydrogen-bond acceptors (Lipinski definition) is 16. The Morgan fingerprint density at radius 3 is 1.39 bits per heavy atom. The lowest BCUT2D eigenvalue weighted by atomic mass is 10.1. The Morgan fingerprint density at radius 1 is 0.530 bits per heavy atom. The van der Waals surface area contributed by atoms with Crippen molar-refractivity contribution >= 4 is 46.0 Å². The molecule has 83 heavy (non-hydrogen) atoms. The van der Waals surface area contributed by atoms with Crippen LogP contribution in [0.15, 0.2) is 102 Å². The Hall–Kier alpha value is -6.42. The van der Waals surface area contributed by atoms with Gasteiger partial charge in [-0.1, -0.05) is 90.4 Å². The largest absolute Gasteiger partial charge is 0.476 e. The zero-order valence-electron chi connectivity index (χ0n) is 50.1. The number of piperazine rings is 4. The van der Waals surface area contributed by atoms with Crippen LogP contribution in [0.1, 0.15) is 92.2 Å². The average molecular weight is 1210 g/mol. The average Bonchev–Trinajstić information content (AvgIpc) is 3.70. The highest BCUT2D eigenvalue weighted by Gasteiger charge is 2.43. The summed E-state index contributed by atoms with van der Waals surface area (Å²) in [5.41, 5.74) is 2.19. The number of pyridine rings is 2. The van der Waals surface area contributed by atoms with Crippen molar-refractivity contribution in [2.75, 3.05) is 110 Å². The molecule has 0 aliphatic carbocycles. The summed E-state index contributed by atoms with van der Waals surface area (Å²) in [6.45, 7) is 27.4. The minimum atomic E-state index is -0.494. The van der Waals surface area contributed by atoms with Crippen LogP contribution < -0.4 is 19.7 Å². The monoisotopic (exact) mass is 1210 g/mol. The quantitative estimate of drug-likeness (QED) is 0.125. The maximum absolute atomic E-state index is 12.6.